The molecule has 2 rings (SSSR count). The molecule has 0 amide bonds. The number of nitrogens with one attached hydrogen (secondary N) is 1. The zero-order valence-electron chi connectivity index (χ0n) is 11.2. The van der Waals surface area contributed by atoms with Gasteiger partial charge in [-0.25, -0.2) is 0 Å². The van der Waals surface area contributed by atoms with Gasteiger partial charge in [0.25, 0.3) is 0 Å². The minimum absolute atomic E-state index is 0.650. The molecule has 0 aliphatic rings. The second-order valence-corrected chi connectivity index (χ2v) is 6.11. The predicted molar refractivity (Wildman–Crippen MR) is 85.9 cm³/mol. The van der Waals surface area contributed by atoms with E-state index < -0.39 is 0 Å². The van der Waals surface area contributed by atoms with E-state index in [1.54, 1.807) is 11.3 Å². The molecule has 1 aromatic heterocycles. The number of hydrogen-bond donors (Lipinski definition) is 1. The molecule has 0 aliphatic heterocycles. The van der Waals surface area contributed by atoms with Crippen LogP contribution in [0.2, 0.25) is 5.02 Å². The van der Waals surface area contributed by atoms with E-state index in [2.05, 4.69) is 23.5 Å². The number of nitriles is 1. The van der Waals surface area contributed by atoms with Crippen LogP contribution in [0.5, 0.6) is 0 Å². The first-order valence-electron chi connectivity index (χ1n) is 6.72. The number of halogens is 1. The van der Waals surface area contributed by atoms with Crippen LogP contribution in [0.25, 0.3) is 10.4 Å². The van der Waals surface area contributed by atoms with Gasteiger partial charge in [-0.15, -0.1) is 11.3 Å². The van der Waals surface area contributed by atoms with E-state index in [1.807, 2.05) is 24.3 Å². The molecule has 0 saturated carbocycles. The third kappa shape index (κ3) is 4.35. The molecule has 0 atom stereocenters. The van der Waals surface area contributed by atoms with Gasteiger partial charge in [-0.2, -0.15) is 5.26 Å². The van der Waals surface area contributed by atoms with Gasteiger partial charge in [0.2, 0.25) is 0 Å². The topological polar surface area (TPSA) is 35.8 Å². The minimum Gasteiger partial charge on any atom is -0.312 e. The Bertz CT molecular complexity index is 586. The first-order chi connectivity index (χ1) is 9.81. The van der Waals surface area contributed by atoms with E-state index in [9.17, 15) is 0 Å². The molecule has 0 bridgehead atoms. The molecule has 1 aromatic carbocycles. The molecule has 0 spiro atoms. The monoisotopic (exact) mass is 304 g/mol. The van der Waals surface area contributed by atoms with E-state index in [0.717, 1.165) is 36.5 Å². The molecule has 4 heteroatoms. The fraction of sp³-hybridized carbons (Fsp3) is 0.312. The van der Waals surface area contributed by atoms with Crippen molar-refractivity contribution in [2.45, 2.75) is 25.8 Å². The molecule has 104 valence electrons. The second kappa shape index (κ2) is 8.06. The van der Waals surface area contributed by atoms with E-state index in [1.165, 1.54) is 9.75 Å². The van der Waals surface area contributed by atoms with Crippen molar-refractivity contribution in [2.24, 2.45) is 0 Å². The van der Waals surface area contributed by atoms with Crippen molar-refractivity contribution in [1.82, 2.24) is 5.32 Å². The van der Waals surface area contributed by atoms with Crippen LogP contribution in [-0.4, -0.2) is 6.54 Å². The lowest BCUT2D eigenvalue weighted by atomic mass is 10.2. The van der Waals surface area contributed by atoms with Gasteiger partial charge in [0.05, 0.1) is 6.07 Å². The van der Waals surface area contributed by atoms with E-state index >= 15 is 0 Å². The Hall–Kier alpha value is -1.34. The van der Waals surface area contributed by atoms with Gasteiger partial charge < -0.3 is 5.32 Å². The van der Waals surface area contributed by atoms with Crippen molar-refractivity contribution < 1.29 is 0 Å². The molecule has 2 nitrogen and oxygen atoms in total. The number of hydrogen-bond acceptors (Lipinski definition) is 3. The van der Waals surface area contributed by atoms with Crippen molar-refractivity contribution in [2.75, 3.05) is 6.54 Å². The molecule has 1 N–H and O–H groups in total. The Morgan fingerprint density at radius 2 is 2.00 bits per heavy atom. The van der Waals surface area contributed by atoms with E-state index in [4.69, 9.17) is 16.9 Å². The molecular weight excluding hydrogens is 288 g/mol. The third-order valence-electron chi connectivity index (χ3n) is 2.99. The molecule has 0 radical (unpaired) electrons. The van der Waals surface area contributed by atoms with Gasteiger partial charge in [0, 0.05) is 33.3 Å². The second-order valence-electron chi connectivity index (χ2n) is 4.54. The van der Waals surface area contributed by atoms with Crippen LogP contribution in [0, 0.1) is 11.3 Å². The first-order valence-corrected chi connectivity index (χ1v) is 7.92. The summed E-state index contributed by atoms with van der Waals surface area (Å²) in [6, 6.07) is 14.4. The lowest BCUT2D eigenvalue weighted by Gasteiger charge is -2.02. The lowest BCUT2D eigenvalue weighted by Crippen LogP contribution is -2.13. The van der Waals surface area contributed by atoms with Gasteiger partial charge in [0.1, 0.15) is 0 Å². The maximum Gasteiger partial charge on any atom is 0.0621 e. The fourth-order valence-electron chi connectivity index (χ4n) is 1.94. The zero-order valence-corrected chi connectivity index (χ0v) is 12.8. The van der Waals surface area contributed by atoms with Crippen LogP contribution in [0.3, 0.4) is 0 Å². The Morgan fingerprint density at radius 1 is 1.15 bits per heavy atom. The highest BCUT2D eigenvalue weighted by molar-refractivity contribution is 7.15. The van der Waals surface area contributed by atoms with E-state index in [-0.39, 0.29) is 0 Å². The summed E-state index contributed by atoms with van der Waals surface area (Å²) in [5.41, 5.74) is 1.10. The van der Waals surface area contributed by atoms with Crippen molar-refractivity contribution in [3.05, 3.63) is 46.3 Å². The van der Waals surface area contributed by atoms with Gasteiger partial charge in [-0.3, -0.25) is 0 Å². The maximum absolute atomic E-state index is 8.45. The highest BCUT2D eigenvalue weighted by Crippen LogP contribution is 2.33. The van der Waals surface area contributed by atoms with Gasteiger partial charge in [0.15, 0.2) is 0 Å². The van der Waals surface area contributed by atoms with Crippen LogP contribution in [0.15, 0.2) is 36.4 Å². The quantitative estimate of drug-likeness (QED) is 0.742. The molecule has 1 heterocycles. The Labute approximate surface area is 129 Å². The Morgan fingerprint density at radius 3 is 2.80 bits per heavy atom. The Balaban J connectivity index is 1.84. The molecule has 2 aromatic rings. The largest absolute Gasteiger partial charge is 0.312 e. The number of nitrogens with zero attached hydrogens (tertiary/aromatic N) is 1. The summed E-state index contributed by atoms with van der Waals surface area (Å²) in [6.07, 6.45) is 2.67. The molecule has 0 aliphatic carbocycles. The van der Waals surface area contributed by atoms with Crippen LogP contribution < -0.4 is 5.32 Å². The summed E-state index contributed by atoms with van der Waals surface area (Å²) < 4.78 is 0. The average Bonchev–Trinajstić information content (AvgIpc) is 2.92. The highest BCUT2D eigenvalue weighted by atomic mass is 35.5. The molecular formula is C16H17ClN2S. The number of thiophene rings is 1. The van der Waals surface area contributed by atoms with Crippen LogP contribution >= 0.6 is 22.9 Å². The van der Waals surface area contributed by atoms with E-state index in [0.29, 0.717) is 6.42 Å². The molecule has 0 fully saturated rings. The number of unbranched alkanes of at least 4 members (excludes halogenated alkanes) is 2. The molecule has 0 unspecified atom stereocenters. The average molecular weight is 305 g/mol. The summed E-state index contributed by atoms with van der Waals surface area (Å²) in [7, 11) is 0. The van der Waals surface area contributed by atoms with Gasteiger partial charge in [-0.05, 0) is 37.6 Å². The third-order valence-corrected chi connectivity index (χ3v) is 4.44. The maximum atomic E-state index is 8.45. The summed E-state index contributed by atoms with van der Waals surface area (Å²) in [6.45, 7) is 1.84. The lowest BCUT2D eigenvalue weighted by molar-refractivity contribution is 0.632. The number of rotatable bonds is 7. The van der Waals surface area contributed by atoms with Crippen LogP contribution in [-0.2, 0) is 6.54 Å². The number of benzene rings is 1. The summed E-state index contributed by atoms with van der Waals surface area (Å²) in [5.74, 6) is 0. The Kier molecular flexibility index (Phi) is 6.07. The molecule has 20 heavy (non-hydrogen) atoms. The molecule has 0 saturated heterocycles. The fourth-order valence-corrected chi connectivity index (χ4v) is 3.25. The van der Waals surface area contributed by atoms with Crippen molar-refractivity contribution in [1.29, 1.82) is 5.26 Å². The van der Waals surface area contributed by atoms with Gasteiger partial charge in [-0.1, -0.05) is 29.8 Å². The highest BCUT2D eigenvalue weighted by Gasteiger charge is 2.05. The zero-order chi connectivity index (χ0) is 14.2. The minimum atomic E-state index is 0.650. The van der Waals surface area contributed by atoms with Crippen LogP contribution in [0.4, 0.5) is 0 Å². The van der Waals surface area contributed by atoms with Crippen molar-refractivity contribution >= 4 is 22.9 Å². The standard InChI is InChI=1S/C16H17ClN2S/c17-15-7-3-2-6-14(15)16-9-8-13(20-16)12-19-11-5-1-4-10-18/h2-3,6-9,19H,1,4-5,11-12H2. The van der Waals surface area contributed by atoms with Crippen molar-refractivity contribution in [3.63, 3.8) is 0 Å². The summed E-state index contributed by atoms with van der Waals surface area (Å²) in [4.78, 5) is 2.51. The predicted octanol–water partition coefficient (Wildman–Crippen LogP) is 4.85. The SMILES string of the molecule is N#CCCCCNCc1ccc(-c2ccccc2Cl)s1. The smallest absolute Gasteiger partial charge is 0.0621 e. The first kappa shape index (κ1) is 15.1. The van der Waals surface area contributed by atoms with Crippen LogP contribution in [0.1, 0.15) is 24.1 Å². The normalized spacial score (nSPS) is 10.4. The van der Waals surface area contributed by atoms with Gasteiger partial charge >= 0.3 is 0 Å². The summed E-state index contributed by atoms with van der Waals surface area (Å²) in [5, 5.41) is 12.7. The summed E-state index contributed by atoms with van der Waals surface area (Å²) >= 11 is 7.98. The van der Waals surface area contributed by atoms with Crippen molar-refractivity contribution in [3.8, 4) is 16.5 Å².